The lowest BCUT2D eigenvalue weighted by molar-refractivity contribution is -0.315. The predicted octanol–water partition coefficient (Wildman–Crippen LogP) is 0.257. The fourth-order valence-corrected chi connectivity index (χ4v) is 4.49. The molecule has 10 heteroatoms. The smallest absolute Gasteiger partial charge is 0.302 e. The van der Waals surface area contributed by atoms with Crippen molar-refractivity contribution in [3.63, 3.8) is 0 Å². The summed E-state index contributed by atoms with van der Waals surface area (Å²) in [6.45, 7) is 0.915. The molecule has 0 radical (unpaired) electrons. The minimum Gasteiger partial charge on any atom is -0.508 e. The first kappa shape index (κ1) is 23.7. The van der Waals surface area contributed by atoms with Crippen molar-refractivity contribution in [2.45, 2.75) is 69.1 Å². The molecule has 2 fully saturated rings. The SMILES string of the molecule is CC(=O)OCC1OC(OC2CCC3C(=O)C(c4ccc(O)cc4)=COC3C2)C(O)C(O)C1O. The summed E-state index contributed by atoms with van der Waals surface area (Å²) in [6, 6.07) is 6.34. The van der Waals surface area contributed by atoms with Crippen LogP contribution in [0.5, 0.6) is 5.75 Å². The summed E-state index contributed by atoms with van der Waals surface area (Å²) in [5.74, 6) is -0.843. The van der Waals surface area contributed by atoms with Crippen LogP contribution in [0, 0.1) is 5.92 Å². The number of aromatic hydroxyl groups is 1. The third-order valence-electron chi connectivity index (χ3n) is 6.33. The van der Waals surface area contributed by atoms with Gasteiger partial charge in [0.25, 0.3) is 0 Å². The van der Waals surface area contributed by atoms with Crippen molar-refractivity contribution in [3.8, 4) is 5.75 Å². The van der Waals surface area contributed by atoms with E-state index in [1.165, 1.54) is 25.3 Å². The van der Waals surface area contributed by atoms with Crippen LogP contribution in [0.15, 0.2) is 30.5 Å². The quantitative estimate of drug-likeness (QED) is 0.447. The van der Waals surface area contributed by atoms with Crippen molar-refractivity contribution in [1.82, 2.24) is 0 Å². The standard InChI is InChI=1S/C23H28O10/c1-11(24)30-10-18-20(27)21(28)22(29)23(33-18)32-14-6-7-15-17(8-14)31-9-16(19(15)26)12-2-4-13(25)5-3-12/h2-5,9,14-15,17-18,20-23,25,27-29H,6-8,10H2,1H3. The van der Waals surface area contributed by atoms with E-state index in [1.807, 2.05) is 0 Å². The molecule has 0 aromatic heterocycles. The van der Waals surface area contributed by atoms with Crippen molar-refractivity contribution in [3.05, 3.63) is 36.1 Å². The highest BCUT2D eigenvalue weighted by Gasteiger charge is 2.47. The molecule has 2 aliphatic heterocycles. The Hall–Kier alpha value is -2.50. The van der Waals surface area contributed by atoms with Gasteiger partial charge in [0.2, 0.25) is 0 Å². The van der Waals surface area contributed by atoms with Gasteiger partial charge in [-0.25, -0.2) is 0 Å². The molecule has 1 saturated carbocycles. The van der Waals surface area contributed by atoms with Crippen molar-refractivity contribution in [1.29, 1.82) is 0 Å². The van der Waals surface area contributed by atoms with Gasteiger partial charge in [0.05, 0.1) is 23.9 Å². The van der Waals surface area contributed by atoms with E-state index in [4.69, 9.17) is 18.9 Å². The van der Waals surface area contributed by atoms with Crippen molar-refractivity contribution in [2.24, 2.45) is 5.92 Å². The van der Waals surface area contributed by atoms with Gasteiger partial charge in [-0.15, -0.1) is 0 Å². The van der Waals surface area contributed by atoms with E-state index in [2.05, 4.69) is 0 Å². The molecule has 180 valence electrons. The van der Waals surface area contributed by atoms with E-state index in [1.54, 1.807) is 12.1 Å². The van der Waals surface area contributed by atoms with E-state index in [9.17, 15) is 30.0 Å². The van der Waals surface area contributed by atoms with Crippen LogP contribution in [0.1, 0.15) is 31.7 Å². The number of benzene rings is 1. The van der Waals surface area contributed by atoms with Crippen molar-refractivity contribution >= 4 is 17.3 Å². The van der Waals surface area contributed by atoms with Gasteiger partial charge in [0.1, 0.15) is 42.9 Å². The topological polar surface area (TPSA) is 152 Å². The molecule has 1 aliphatic carbocycles. The van der Waals surface area contributed by atoms with E-state index < -0.39 is 48.9 Å². The summed E-state index contributed by atoms with van der Waals surface area (Å²) < 4.78 is 22.2. The van der Waals surface area contributed by atoms with Crippen LogP contribution in [0.4, 0.5) is 0 Å². The zero-order valence-corrected chi connectivity index (χ0v) is 18.1. The first-order valence-corrected chi connectivity index (χ1v) is 10.9. The Kier molecular flexibility index (Phi) is 7.01. The molecule has 33 heavy (non-hydrogen) atoms. The molecule has 4 N–H and O–H groups in total. The zero-order chi connectivity index (χ0) is 23.7. The first-order valence-electron chi connectivity index (χ1n) is 10.9. The molecule has 1 aromatic rings. The summed E-state index contributed by atoms with van der Waals surface area (Å²) in [6.07, 6.45) is -4.82. The second-order valence-corrected chi connectivity index (χ2v) is 8.61. The molecule has 3 aliphatic rings. The molecule has 8 unspecified atom stereocenters. The minimum atomic E-state index is -1.54. The van der Waals surface area contributed by atoms with Gasteiger partial charge >= 0.3 is 5.97 Å². The average Bonchev–Trinajstić information content (AvgIpc) is 2.79. The maximum Gasteiger partial charge on any atom is 0.302 e. The highest BCUT2D eigenvalue weighted by atomic mass is 16.7. The van der Waals surface area contributed by atoms with Crippen LogP contribution < -0.4 is 0 Å². The number of hydrogen-bond donors (Lipinski definition) is 4. The average molecular weight is 464 g/mol. The number of fused-ring (bicyclic) bond motifs is 1. The molecule has 1 aromatic carbocycles. The Morgan fingerprint density at radius 3 is 2.52 bits per heavy atom. The van der Waals surface area contributed by atoms with Crippen LogP contribution in [0.2, 0.25) is 0 Å². The number of rotatable bonds is 5. The summed E-state index contributed by atoms with van der Waals surface area (Å²) in [5, 5.41) is 40.0. The Labute approximate surface area is 190 Å². The van der Waals surface area contributed by atoms with E-state index >= 15 is 0 Å². The largest absolute Gasteiger partial charge is 0.508 e. The number of aliphatic hydroxyl groups excluding tert-OH is 3. The van der Waals surface area contributed by atoms with Crippen molar-refractivity contribution < 1.29 is 49.0 Å². The molecule has 0 bridgehead atoms. The van der Waals surface area contributed by atoms with Crippen molar-refractivity contribution in [2.75, 3.05) is 6.61 Å². The van der Waals surface area contributed by atoms with Crippen LogP contribution >= 0.6 is 0 Å². The Morgan fingerprint density at radius 2 is 1.82 bits per heavy atom. The number of carbonyl (C=O) groups excluding carboxylic acids is 2. The molecule has 10 nitrogen and oxygen atoms in total. The molecular formula is C23H28O10. The van der Waals surface area contributed by atoms with E-state index in [0.29, 0.717) is 30.4 Å². The maximum absolute atomic E-state index is 13.0. The fraction of sp³-hybridized carbons (Fsp3) is 0.565. The molecular weight excluding hydrogens is 436 g/mol. The number of ether oxygens (including phenoxy) is 4. The van der Waals surface area contributed by atoms with Gasteiger partial charge in [0, 0.05) is 13.3 Å². The van der Waals surface area contributed by atoms with E-state index in [-0.39, 0.29) is 24.1 Å². The van der Waals surface area contributed by atoms with Gasteiger partial charge < -0.3 is 39.4 Å². The lowest BCUT2D eigenvalue weighted by Gasteiger charge is -2.43. The second-order valence-electron chi connectivity index (χ2n) is 8.61. The molecule has 1 saturated heterocycles. The highest BCUT2D eigenvalue weighted by molar-refractivity contribution is 6.22. The summed E-state index contributed by atoms with van der Waals surface area (Å²) in [4.78, 5) is 24.1. The van der Waals surface area contributed by atoms with Gasteiger partial charge in [-0.1, -0.05) is 12.1 Å². The van der Waals surface area contributed by atoms with Gasteiger partial charge in [-0.05, 0) is 30.5 Å². The Balaban J connectivity index is 1.39. The Bertz CT molecular complexity index is 897. The number of hydrogen-bond acceptors (Lipinski definition) is 10. The number of carbonyl (C=O) groups is 2. The molecule has 0 amide bonds. The number of phenolic OH excluding ortho intramolecular Hbond substituents is 1. The fourth-order valence-electron chi connectivity index (χ4n) is 4.49. The van der Waals surface area contributed by atoms with Gasteiger partial charge in [0.15, 0.2) is 12.1 Å². The second kappa shape index (κ2) is 9.78. The molecule has 4 rings (SSSR count). The van der Waals surface area contributed by atoms with Crippen LogP contribution in [-0.2, 0) is 28.5 Å². The molecule has 2 heterocycles. The first-order chi connectivity index (χ1) is 15.7. The van der Waals surface area contributed by atoms with Crippen LogP contribution in [0.3, 0.4) is 0 Å². The Morgan fingerprint density at radius 1 is 1.09 bits per heavy atom. The number of aliphatic hydroxyl groups is 3. The molecule has 0 spiro atoms. The number of phenols is 1. The third-order valence-corrected chi connectivity index (χ3v) is 6.33. The van der Waals surface area contributed by atoms with Gasteiger partial charge in [-0.3, -0.25) is 9.59 Å². The third kappa shape index (κ3) is 5.04. The normalized spacial score (nSPS) is 36.4. The summed E-state index contributed by atoms with van der Waals surface area (Å²) >= 11 is 0. The lowest BCUT2D eigenvalue weighted by Crippen LogP contribution is -2.60. The summed E-state index contributed by atoms with van der Waals surface area (Å²) in [5.41, 5.74) is 1.12. The van der Waals surface area contributed by atoms with Crippen LogP contribution in [-0.4, -0.2) is 81.7 Å². The van der Waals surface area contributed by atoms with Gasteiger partial charge in [-0.2, -0.15) is 0 Å². The number of allylic oxidation sites excluding steroid dienone is 1. The number of esters is 1. The van der Waals surface area contributed by atoms with Crippen LogP contribution in [0.25, 0.3) is 5.57 Å². The zero-order valence-electron chi connectivity index (χ0n) is 18.1. The monoisotopic (exact) mass is 464 g/mol. The lowest BCUT2D eigenvalue weighted by atomic mass is 9.78. The number of ketones is 1. The number of Topliss-reactive ketones (excluding diaryl/α,β-unsaturated/α-hetero) is 1. The minimum absolute atomic E-state index is 0.0377. The maximum atomic E-state index is 13.0. The molecule has 8 atom stereocenters. The predicted molar refractivity (Wildman–Crippen MR) is 111 cm³/mol. The highest BCUT2D eigenvalue weighted by Crippen LogP contribution is 2.38. The van der Waals surface area contributed by atoms with E-state index in [0.717, 1.165) is 0 Å². The summed E-state index contributed by atoms with van der Waals surface area (Å²) in [7, 11) is 0.